The van der Waals surface area contributed by atoms with Gasteiger partial charge in [-0.25, -0.2) is 4.39 Å². The zero-order valence-corrected chi connectivity index (χ0v) is 12.0. The molecule has 0 aliphatic carbocycles. The number of nitrogens with two attached hydrogens (primary N) is 1. The second-order valence-electron chi connectivity index (χ2n) is 5.68. The number of hydrogen-bond acceptors (Lipinski definition) is 3. The maximum absolute atomic E-state index is 12.9. The van der Waals surface area contributed by atoms with Crippen molar-refractivity contribution in [3.8, 4) is 0 Å². The van der Waals surface area contributed by atoms with Crippen LogP contribution in [0.15, 0.2) is 24.3 Å². The summed E-state index contributed by atoms with van der Waals surface area (Å²) < 4.78 is 12.9. The molecule has 0 spiro atoms. The summed E-state index contributed by atoms with van der Waals surface area (Å²) in [6.07, 6.45) is 0. The molecule has 1 amide bonds. The lowest BCUT2D eigenvalue weighted by atomic mass is 10.1. The Hall–Kier alpha value is -1.46. The summed E-state index contributed by atoms with van der Waals surface area (Å²) in [6, 6.07) is 6.20. The standard InChI is InChI=1S/C15H22FN3O/c1-10-7-19(8-14(10)17)9-15(20)18-11(2)12-3-5-13(16)6-4-12/h3-6,10-11,14H,7-9,17H2,1-2H3,(H,18,20). The maximum atomic E-state index is 12.9. The van der Waals surface area contributed by atoms with Crippen molar-refractivity contribution >= 4 is 5.91 Å². The summed E-state index contributed by atoms with van der Waals surface area (Å²) in [7, 11) is 0. The van der Waals surface area contributed by atoms with E-state index in [9.17, 15) is 9.18 Å². The van der Waals surface area contributed by atoms with Gasteiger partial charge in [-0.05, 0) is 30.5 Å². The highest BCUT2D eigenvalue weighted by Crippen LogP contribution is 2.15. The summed E-state index contributed by atoms with van der Waals surface area (Å²) in [5.74, 6) is 0.132. The van der Waals surface area contributed by atoms with E-state index in [0.29, 0.717) is 12.5 Å². The van der Waals surface area contributed by atoms with E-state index in [0.717, 1.165) is 18.7 Å². The number of nitrogens with one attached hydrogen (secondary N) is 1. The number of halogens is 1. The van der Waals surface area contributed by atoms with Crippen LogP contribution in [0.25, 0.3) is 0 Å². The molecule has 1 fully saturated rings. The van der Waals surface area contributed by atoms with Crippen LogP contribution in [-0.4, -0.2) is 36.5 Å². The van der Waals surface area contributed by atoms with Crippen molar-refractivity contribution in [2.45, 2.75) is 25.9 Å². The third kappa shape index (κ3) is 3.77. The first-order chi connectivity index (χ1) is 9.45. The van der Waals surface area contributed by atoms with E-state index in [-0.39, 0.29) is 23.8 Å². The molecule has 1 saturated heterocycles. The SMILES string of the molecule is CC(NC(=O)CN1CC(C)C(N)C1)c1ccc(F)cc1. The molecule has 3 atom stereocenters. The third-order valence-corrected chi connectivity index (χ3v) is 3.86. The summed E-state index contributed by atoms with van der Waals surface area (Å²) >= 11 is 0. The van der Waals surface area contributed by atoms with Crippen LogP contribution in [0.4, 0.5) is 4.39 Å². The van der Waals surface area contributed by atoms with Gasteiger partial charge in [-0.15, -0.1) is 0 Å². The summed E-state index contributed by atoms with van der Waals surface area (Å²) in [4.78, 5) is 14.1. The van der Waals surface area contributed by atoms with Gasteiger partial charge in [0.15, 0.2) is 0 Å². The Morgan fingerprint density at radius 3 is 2.65 bits per heavy atom. The molecule has 5 heteroatoms. The zero-order chi connectivity index (χ0) is 14.7. The maximum Gasteiger partial charge on any atom is 0.234 e. The van der Waals surface area contributed by atoms with Crippen molar-refractivity contribution < 1.29 is 9.18 Å². The van der Waals surface area contributed by atoms with Crippen LogP contribution >= 0.6 is 0 Å². The Kier molecular flexibility index (Phi) is 4.73. The van der Waals surface area contributed by atoms with E-state index in [1.807, 2.05) is 6.92 Å². The first-order valence-electron chi connectivity index (χ1n) is 6.98. The molecule has 2 rings (SSSR count). The number of benzene rings is 1. The second kappa shape index (κ2) is 6.33. The van der Waals surface area contributed by atoms with Crippen LogP contribution < -0.4 is 11.1 Å². The molecule has 1 aliphatic heterocycles. The van der Waals surface area contributed by atoms with E-state index in [2.05, 4.69) is 17.1 Å². The topological polar surface area (TPSA) is 58.4 Å². The highest BCUT2D eigenvalue weighted by molar-refractivity contribution is 5.78. The molecular formula is C15H22FN3O. The van der Waals surface area contributed by atoms with Crippen LogP contribution in [0.3, 0.4) is 0 Å². The van der Waals surface area contributed by atoms with Gasteiger partial charge in [-0.2, -0.15) is 0 Å². The summed E-state index contributed by atoms with van der Waals surface area (Å²) in [5, 5.41) is 2.93. The minimum Gasteiger partial charge on any atom is -0.348 e. The first-order valence-corrected chi connectivity index (χ1v) is 6.98. The number of likely N-dealkylation sites (tertiary alicyclic amines) is 1. The minimum atomic E-state index is -0.271. The molecule has 0 radical (unpaired) electrons. The molecule has 1 heterocycles. The fourth-order valence-electron chi connectivity index (χ4n) is 2.55. The van der Waals surface area contributed by atoms with Crippen molar-refractivity contribution in [2.75, 3.05) is 19.6 Å². The molecule has 1 aromatic rings. The molecule has 0 bridgehead atoms. The van der Waals surface area contributed by atoms with Gasteiger partial charge in [0, 0.05) is 19.1 Å². The molecule has 0 aromatic heterocycles. The van der Waals surface area contributed by atoms with Crippen LogP contribution in [0.2, 0.25) is 0 Å². The fraction of sp³-hybridized carbons (Fsp3) is 0.533. The molecule has 110 valence electrons. The Bertz CT molecular complexity index is 453. The van der Waals surface area contributed by atoms with Crippen LogP contribution in [0.1, 0.15) is 25.5 Å². The van der Waals surface area contributed by atoms with Crippen LogP contribution in [0.5, 0.6) is 0 Å². The number of carbonyl (C=O) groups is 1. The van der Waals surface area contributed by atoms with E-state index >= 15 is 0 Å². The van der Waals surface area contributed by atoms with E-state index in [4.69, 9.17) is 5.73 Å². The Morgan fingerprint density at radius 1 is 1.45 bits per heavy atom. The van der Waals surface area contributed by atoms with E-state index in [1.54, 1.807) is 12.1 Å². The quantitative estimate of drug-likeness (QED) is 0.873. The third-order valence-electron chi connectivity index (χ3n) is 3.86. The Morgan fingerprint density at radius 2 is 2.10 bits per heavy atom. The van der Waals surface area contributed by atoms with Crippen LogP contribution in [-0.2, 0) is 4.79 Å². The number of carbonyl (C=O) groups excluding carboxylic acids is 1. The van der Waals surface area contributed by atoms with Gasteiger partial charge in [0.2, 0.25) is 5.91 Å². The first kappa shape index (κ1) is 14.9. The minimum absolute atomic E-state index is 0.0249. The molecule has 1 aromatic carbocycles. The zero-order valence-electron chi connectivity index (χ0n) is 12.0. The van der Waals surface area contributed by atoms with Gasteiger partial charge >= 0.3 is 0 Å². The lowest BCUT2D eigenvalue weighted by Gasteiger charge is -2.18. The monoisotopic (exact) mass is 279 g/mol. The lowest BCUT2D eigenvalue weighted by molar-refractivity contribution is -0.122. The summed E-state index contributed by atoms with van der Waals surface area (Å²) in [5.41, 5.74) is 6.84. The van der Waals surface area contributed by atoms with Crippen molar-refractivity contribution in [3.05, 3.63) is 35.6 Å². The molecular weight excluding hydrogens is 257 g/mol. The fourth-order valence-corrected chi connectivity index (χ4v) is 2.55. The second-order valence-corrected chi connectivity index (χ2v) is 5.68. The average molecular weight is 279 g/mol. The average Bonchev–Trinajstić information content (AvgIpc) is 2.68. The van der Waals surface area contributed by atoms with Crippen molar-refractivity contribution in [2.24, 2.45) is 11.7 Å². The highest BCUT2D eigenvalue weighted by Gasteiger charge is 2.27. The largest absolute Gasteiger partial charge is 0.348 e. The van der Waals surface area contributed by atoms with E-state index < -0.39 is 0 Å². The van der Waals surface area contributed by atoms with Gasteiger partial charge in [0.1, 0.15) is 5.82 Å². The van der Waals surface area contributed by atoms with Gasteiger partial charge < -0.3 is 11.1 Å². The molecule has 4 nitrogen and oxygen atoms in total. The van der Waals surface area contributed by atoms with Gasteiger partial charge in [0.05, 0.1) is 12.6 Å². The van der Waals surface area contributed by atoms with Crippen LogP contribution in [0, 0.1) is 11.7 Å². The van der Waals surface area contributed by atoms with Gasteiger partial charge in [-0.1, -0.05) is 19.1 Å². The molecule has 1 aliphatic rings. The molecule has 3 N–H and O–H groups in total. The number of rotatable bonds is 4. The summed E-state index contributed by atoms with van der Waals surface area (Å²) in [6.45, 7) is 5.98. The number of amides is 1. The Balaban J connectivity index is 1.84. The van der Waals surface area contributed by atoms with Gasteiger partial charge in [-0.3, -0.25) is 9.69 Å². The number of hydrogen-bond donors (Lipinski definition) is 2. The van der Waals surface area contributed by atoms with Crippen molar-refractivity contribution in [3.63, 3.8) is 0 Å². The molecule has 3 unspecified atom stereocenters. The lowest BCUT2D eigenvalue weighted by Crippen LogP contribution is -2.38. The predicted octanol–water partition coefficient (Wildman–Crippen LogP) is 1.28. The van der Waals surface area contributed by atoms with Crippen molar-refractivity contribution in [1.82, 2.24) is 10.2 Å². The molecule has 0 saturated carbocycles. The predicted molar refractivity (Wildman–Crippen MR) is 76.5 cm³/mol. The molecule has 20 heavy (non-hydrogen) atoms. The van der Waals surface area contributed by atoms with E-state index in [1.165, 1.54) is 12.1 Å². The normalized spacial score (nSPS) is 24.6. The van der Waals surface area contributed by atoms with Crippen molar-refractivity contribution in [1.29, 1.82) is 0 Å². The highest BCUT2D eigenvalue weighted by atomic mass is 19.1. The smallest absolute Gasteiger partial charge is 0.234 e. The Labute approximate surface area is 119 Å². The number of nitrogens with zero attached hydrogens (tertiary/aromatic N) is 1. The van der Waals surface area contributed by atoms with Gasteiger partial charge in [0.25, 0.3) is 0 Å².